The quantitative estimate of drug-likeness (QED) is 0.637. The third kappa shape index (κ3) is 6.29. The topological polar surface area (TPSA) is 45.1 Å². The van der Waals surface area contributed by atoms with Crippen molar-refractivity contribution in [2.45, 2.75) is 46.3 Å². The second-order valence-corrected chi connectivity index (χ2v) is 9.51. The van der Waals surface area contributed by atoms with Gasteiger partial charge >= 0.3 is 0 Å². The molecule has 3 rings (SSSR count). The van der Waals surface area contributed by atoms with Crippen LogP contribution in [-0.4, -0.2) is 43.3 Å². The van der Waals surface area contributed by atoms with Crippen molar-refractivity contribution in [3.63, 3.8) is 0 Å². The molecular formula is C25H32FN3O2. The third-order valence-electron chi connectivity index (χ3n) is 5.23. The highest BCUT2D eigenvalue weighted by Gasteiger charge is 2.29. The van der Waals surface area contributed by atoms with Crippen LogP contribution in [0.4, 0.5) is 10.1 Å². The summed E-state index contributed by atoms with van der Waals surface area (Å²) in [6, 6.07) is 14.7. The fraction of sp³-hybridized carbons (Fsp3) is 0.440. The Labute approximate surface area is 184 Å². The van der Waals surface area contributed by atoms with Crippen LogP contribution < -0.4 is 4.90 Å². The van der Waals surface area contributed by atoms with Crippen LogP contribution in [0, 0.1) is 11.2 Å². The molecule has 0 saturated heterocycles. The maximum absolute atomic E-state index is 14.2. The van der Waals surface area contributed by atoms with Gasteiger partial charge in [-0.1, -0.05) is 56.3 Å². The molecule has 5 nitrogen and oxygen atoms in total. The molecule has 0 fully saturated rings. The van der Waals surface area contributed by atoms with Crippen LogP contribution in [-0.2, 0) is 16.2 Å². The SMILES string of the molecule is CN(C)c1ccc(C2=NOC(CN(Cc3ccccc3F)C(=O)CC(C)(C)C)C2)cc1. The zero-order valence-corrected chi connectivity index (χ0v) is 19.1. The van der Waals surface area contributed by atoms with Gasteiger partial charge in [0, 0.05) is 44.7 Å². The number of anilines is 1. The maximum Gasteiger partial charge on any atom is 0.223 e. The van der Waals surface area contributed by atoms with E-state index in [0.29, 0.717) is 24.9 Å². The first kappa shape index (κ1) is 22.8. The summed E-state index contributed by atoms with van der Waals surface area (Å²) in [6.45, 7) is 6.66. The van der Waals surface area contributed by atoms with Crippen LogP contribution >= 0.6 is 0 Å². The van der Waals surface area contributed by atoms with Crippen molar-refractivity contribution in [2.24, 2.45) is 10.6 Å². The van der Waals surface area contributed by atoms with Crippen molar-refractivity contribution in [1.82, 2.24) is 4.90 Å². The number of rotatable bonds is 7. The lowest BCUT2D eigenvalue weighted by Crippen LogP contribution is -2.39. The van der Waals surface area contributed by atoms with Gasteiger partial charge in [-0.05, 0) is 29.2 Å². The Bertz CT molecular complexity index is 933. The van der Waals surface area contributed by atoms with Gasteiger partial charge in [0.2, 0.25) is 5.91 Å². The first-order valence-electron chi connectivity index (χ1n) is 10.6. The number of carbonyl (C=O) groups excluding carboxylic acids is 1. The van der Waals surface area contributed by atoms with E-state index in [1.807, 2.05) is 64.0 Å². The number of carbonyl (C=O) groups is 1. The number of hydrogen-bond donors (Lipinski definition) is 0. The Morgan fingerprint density at radius 1 is 1.13 bits per heavy atom. The number of hydrogen-bond acceptors (Lipinski definition) is 4. The van der Waals surface area contributed by atoms with Gasteiger partial charge in [0.1, 0.15) is 5.82 Å². The van der Waals surface area contributed by atoms with Crippen LogP contribution in [0.3, 0.4) is 0 Å². The number of halogens is 1. The molecule has 6 heteroatoms. The molecule has 0 spiro atoms. The molecule has 0 radical (unpaired) electrons. The molecule has 1 aliphatic heterocycles. The van der Waals surface area contributed by atoms with Gasteiger partial charge in [0.25, 0.3) is 0 Å². The standard InChI is InChI=1S/C25H32FN3O2/c1-25(2,3)15-24(30)29(16-19-8-6-7-9-22(19)26)17-21-14-23(27-31-21)18-10-12-20(13-11-18)28(4)5/h6-13,21H,14-17H2,1-5H3. The van der Waals surface area contributed by atoms with Crippen molar-refractivity contribution < 1.29 is 14.0 Å². The molecule has 1 amide bonds. The molecule has 2 aromatic rings. The van der Waals surface area contributed by atoms with Crippen LogP contribution in [0.1, 0.15) is 44.7 Å². The molecule has 2 aromatic carbocycles. The smallest absolute Gasteiger partial charge is 0.223 e. The van der Waals surface area contributed by atoms with E-state index in [0.717, 1.165) is 17.0 Å². The number of nitrogens with zero attached hydrogens (tertiary/aromatic N) is 3. The fourth-order valence-electron chi connectivity index (χ4n) is 3.55. The summed E-state index contributed by atoms with van der Waals surface area (Å²) in [4.78, 5) is 22.4. The van der Waals surface area contributed by atoms with Crippen molar-refractivity contribution in [2.75, 3.05) is 25.5 Å². The predicted octanol–water partition coefficient (Wildman–Crippen LogP) is 4.85. The highest BCUT2D eigenvalue weighted by atomic mass is 19.1. The van der Waals surface area contributed by atoms with Gasteiger partial charge in [0.05, 0.1) is 12.3 Å². The van der Waals surface area contributed by atoms with Crippen molar-refractivity contribution in [3.05, 3.63) is 65.5 Å². The molecule has 0 aliphatic carbocycles. The zero-order valence-electron chi connectivity index (χ0n) is 19.1. The van der Waals surface area contributed by atoms with Gasteiger partial charge in [-0.25, -0.2) is 4.39 Å². The lowest BCUT2D eigenvalue weighted by molar-refractivity contribution is -0.135. The molecule has 1 heterocycles. The number of amides is 1. The van der Waals surface area contributed by atoms with Gasteiger partial charge in [-0.3, -0.25) is 4.79 Å². The molecule has 0 saturated carbocycles. The van der Waals surface area contributed by atoms with Gasteiger partial charge < -0.3 is 14.6 Å². The predicted molar refractivity (Wildman–Crippen MR) is 123 cm³/mol. The zero-order chi connectivity index (χ0) is 22.6. The van der Waals surface area contributed by atoms with E-state index >= 15 is 0 Å². The second kappa shape index (κ2) is 9.50. The molecule has 0 N–H and O–H groups in total. The Balaban J connectivity index is 1.69. The van der Waals surface area contributed by atoms with Crippen LogP contribution in [0.15, 0.2) is 53.7 Å². The molecule has 0 bridgehead atoms. The van der Waals surface area contributed by atoms with Crippen molar-refractivity contribution in [3.8, 4) is 0 Å². The van der Waals surface area contributed by atoms with E-state index in [2.05, 4.69) is 5.16 Å². The summed E-state index contributed by atoms with van der Waals surface area (Å²) in [7, 11) is 4.00. The van der Waals surface area contributed by atoms with E-state index in [1.54, 1.807) is 23.1 Å². The lowest BCUT2D eigenvalue weighted by atomic mass is 9.91. The Morgan fingerprint density at radius 2 is 1.81 bits per heavy atom. The minimum absolute atomic E-state index is 0.0110. The first-order valence-corrected chi connectivity index (χ1v) is 10.6. The summed E-state index contributed by atoms with van der Waals surface area (Å²) < 4.78 is 14.2. The fourth-order valence-corrected chi connectivity index (χ4v) is 3.55. The van der Waals surface area contributed by atoms with Crippen LogP contribution in [0.2, 0.25) is 0 Å². The summed E-state index contributed by atoms with van der Waals surface area (Å²) in [5.41, 5.74) is 3.34. The summed E-state index contributed by atoms with van der Waals surface area (Å²) >= 11 is 0. The van der Waals surface area contributed by atoms with E-state index in [1.165, 1.54) is 6.07 Å². The minimum atomic E-state index is -0.304. The van der Waals surface area contributed by atoms with E-state index in [-0.39, 0.29) is 29.8 Å². The van der Waals surface area contributed by atoms with E-state index < -0.39 is 0 Å². The lowest BCUT2D eigenvalue weighted by Gasteiger charge is -2.28. The highest BCUT2D eigenvalue weighted by Crippen LogP contribution is 2.24. The Hall–Kier alpha value is -2.89. The number of oxime groups is 1. The molecule has 166 valence electrons. The molecule has 1 aliphatic rings. The third-order valence-corrected chi connectivity index (χ3v) is 5.23. The molecule has 0 aromatic heterocycles. The molecular weight excluding hydrogens is 393 g/mol. The summed E-state index contributed by atoms with van der Waals surface area (Å²) in [5.74, 6) is -0.315. The van der Waals surface area contributed by atoms with E-state index in [4.69, 9.17) is 4.84 Å². The van der Waals surface area contributed by atoms with Crippen molar-refractivity contribution >= 4 is 17.3 Å². The molecule has 1 unspecified atom stereocenters. The van der Waals surface area contributed by atoms with E-state index in [9.17, 15) is 9.18 Å². The Kier molecular flexibility index (Phi) is 6.98. The van der Waals surface area contributed by atoms with Crippen LogP contribution in [0.25, 0.3) is 0 Å². The van der Waals surface area contributed by atoms with Gasteiger partial charge in [-0.15, -0.1) is 0 Å². The normalized spacial score (nSPS) is 15.9. The molecule has 31 heavy (non-hydrogen) atoms. The Morgan fingerprint density at radius 3 is 2.42 bits per heavy atom. The van der Waals surface area contributed by atoms with Gasteiger partial charge in [-0.2, -0.15) is 0 Å². The highest BCUT2D eigenvalue weighted by molar-refractivity contribution is 6.01. The number of benzene rings is 2. The first-order chi connectivity index (χ1) is 14.6. The van der Waals surface area contributed by atoms with Crippen LogP contribution in [0.5, 0.6) is 0 Å². The van der Waals surface area contributed by atoms with Gasteiger partial charge in [0.15, 0.2) is 6.10 Å². The summed E-state index contributed by atoms with van der Waals surface area (Å²) in [5, 5.41) is 4.26. The average Bonchev–Trinajstić information content (AvgIpc) is 3.16. The average molecular weight is 426 g/mol. The second-order valence-electron chi connectivity index (χ2n) is 9.51. The van der Waals surface area contributed by atoms with Crippen molar-refractivity contribution in [1.29, 1.82) is 0 Å². The minimum Gasteiger partial charge on any atom is -0.390 e. The monoisotopic (exact) mass is 425 g/mol. The molecule has 1 atom stereocenters. The maximum atomic E-state index is 14.2. The largest absolute Gasteiger partial charge is 0.390 e. The summed E-state index contributed by atoms with van der Waals surface area (Å²) in [6.07, 6.45) is 0.741.